The molecule has 1 aliphatic rings. The summed E-state index contributed by atoms with van der Waals surface area (Å²) in [6.45, 7) is 6.39. The number of rotatable bonds is 2. The predicted molar refractivity (Wildman–Crippen MR) is 58.5 cm³/mol. The second kappa shape index (κ2) is 3.66. The molecule has 0 radical (unpaired) electrons. The molecule has 0 heterocycles. The Balaban J connectivity index is 2.77. The molecule has 0 aromatic carbocycles. The molecule has 0 saturated carbocycles. The minimum atomic E-state index is -3.09. The molecule has 1 unspecified atom stereocenters. The Morgan fingerprint density at radius 2 is 2.07 bits per heavy atom. The summed E-state index contributed by atoms with van der Waals surface area (Å²) in [6.07, 6.45) is 5.15. The van der Waals surface area contributed by atoms with Gasteiger partial charge in [-0.05, 0) is 25.2 Å². The third kappa shape index (κ3) is 3.80. The lowest BCUT2D eigenvalue weighted by Crippen LogP contribution is -2.38. The zero-order valence-corrected chi connectivity index (χ0v) is 10.1. The second-order valence-electron chi connectivity index (χ2n) is 5.05. The van der Waals surface area contributed by atoms with Crippen LogP contribution < -0.4 is 4.72 Å². The molecule has 0 amide bonds. The summed E-state index contributed by atoms with van der Waals surface area (Å²) in [7, 11) is -3.09. The smallest absolute Gasteiger partial charge is 0.209 e. The molecule has 3 nitrogen and oxygen atoms in total. The van der Waals surface area contributed by atoms with E-state index in [1.165, 1.54) is 11.8 Å². The Morgan fingerprint density at radius 1 is 1.50 bits per heavy atom. The van der Waals surface area contributed by atoms with Gasteiger partial charge in [0, 0.05) is 6.04 Å². The number of allylic oxidation sites excluding steroid dienone is 1. The topological polar surface area (TPSA) is 46.2 Å². The predicted octanol–water partition coefficient (Wildman–Crippen LogP) is 1.67. The summed E-state index contributed by atoms with van der Waals surface area (Å²) >= 11 is 0. The van der Waals surface area contributed by atoms with Crippen molar-refractivity contribution >= 4 is 10.0 Å². The van der Waals surface area contributed by atoms with Crippen LogP contribution in [0.2, 0.25) is 0 Å². The van der Waals surface area contributed by atoms with Gasteiger partial charge in [0.1, 0.15) is 0 Å². The van der Waals surface area contributed by atoms with Crippen LogP contribution in [0.3, 0.4) is 0 Å². The van der Waals surface area contributed by atoms with E-state index in [9.17, 15) is 8.42 Å². The summed E-state index contributed by atoms with van der Waals surface area (Å²) < 4.78 is 24.8. The molecule has 0 bridgehead atoms. The zero-order chi connectivity index (χ0) is 11.0. The molecule has 1 N–H and O–H groups in total. The van der Waals surface area contributed by atoms with E-state index < -0.39 is 10.0 Å². The first-order valence-electron chi connectivity index (χ1n) is 4.83. The first-order chi connectivity index (χ1) is 6.18. The maximum atomic E-state index is 11.1. The van der Waals surface area contributed by atoms with Crippen LogP contribution in [-0.2, 0) is 10.0 Å². The standard InChI is InChI=1S/C10H19NO2S/c1-8-5-9(11-14(4,12)13)7-10(2,3)6-8/h5,9,11H,6-7H2,1-4H3. The van der Waals surface area contributed by atoms with Crippen molar-refractivity contribution in [3.05, 3.63) is 11.6 Å². The average molecular weight is 217 g/mol. The molecule has 0 aliphatic heterocycles. The molecule has 82 valence electrons. The maximum Gasteiger partial charge on any atom is 0.209 e. The fourth-order valence-electron chi connectivity index (χ4n) is 2.23. The number of sulfonamides is 1. The fraction of sp³-hybridized carbons (Fsp3) is 0.800. The van der Waals surface area contributed by atoms with Crippen LogP contribution in [0.4, 0.5) is 0 Å². The molecule has 1 atom stereocenters. The number of nitrogens with one attached hydrogen (secondary N) is 1. The SMILES string of the molecule is CC1=CC(NS(C)(=O)=O)CC(C)(C)C1. The first kappa shape index (κ1) is 11.7. The van der Waals surface area contributed by atoms with E-state index in [-0.39, 0.29) is 11.5 Å². The van der Waals surface area contributed by atoms with Gasteiger partial charge in [0.2, 0.25) is 10.0 Å². The summed E-state index contributed by atoms with van der Waals surface area (Å²) in [4.78, 5) is 0. The zero-order valence-electron chi connectivity index (χ0n) is 9.29. The third-order valence-corrected chi connectivity index (χ3v) is 3.11. The van der Waals surface area contributed by atoms with Gasteiger partial charge in [-0.3, -0.25) is 0 Å². The van der Waals surface area contributed by atoms with Gasteiger partial charge in [-0.1, -0.05) is 25.5 Å². The van der Waals surface area contributed by atoms with Crippen LogP contribution in [0.5, 0.6) is 0 Å². The van der Waals surface area contributed by atoms with Gasteiger partial charge in [-0.2, -0.15) is 0 Å². The Hall–Kier alpha value is -0.350. The highest BCUT2D eigenvalue weighted by molar-refractivity contribution is 7.88. The van der Waals surface area contributed by atoms with E-state index >= 15 is 0 Å². The lowest BCUT2D eigenvalue weighted by Gasteiger charge is -2.33. The monoisotopic (exact) mass is 217 g/mol. The van der Waals surface area contributed by atoms with Crippen LogP contribution in [-0.4, -0.2) is 20.7 Å². The van der Waals surface area contributed by atoms with Gasteiger partial charge >= 0.3 is 0 Å². The van der Waals surface area contributed by atoms with Crippen molar-refractivity contribution in [3.8, 4) is 0 Å². The molecular weight excluding hydrogens is 198 g/mol. The minimum Gasteiger partial charge on any atom is -0.213 e. The van der Waals surface area contributed by atoms with Crippen molar-refractivity contribution in [3.63, 3.8) is 0 Å². The van der Waals surface area contributed by atoms with Gasteiger partial charge in [0.15, 0.2) is 0 Å². The van der Waals surface area contributed by atoms with Crippen LogP contribution in [0.25, 0.3) is 0 Å². The Labute approximate surface area is 86.6 Å². The molecule has 1 aliphatic carbocycles. The average Bonchev–Trinajstić information content (AvgIpc) is 1.74. The van der Waals surface area contributed by atoms with Crippen molar-refractivity contribution in [2.75, 3.05) is 6.26 Å². The van der Waals surface area contributed by atoms with Crippen LogP contribution in [0.1, 0.15) is 33.6 Å². The molecule has 0 fully saturated rings. The first-order valence-corrected chi connectivity index (χ1v) is 6.72. The van der Waals surface area contributed by atoms with Crippen molar-refractivity contribution in [1.29, 1.82) is 0 Å². The van der Waals surface area contributed by atoms with E-state index in [0.717, 1.165) is 12.8 Å². The van der Waals surface area contributed by atoms with Gasteiger partial charge in [0.25, 0.3) is 0 Å². The fourth-order valence-corrected chi connectivity index (χ4v) is 2.94. The Bertz CT molecular complexity index is 341. The number of hydrogen-bond donors (Lipinski definition) is 1. The lowest BCUT2D eigenvalue weighted by molar-refractivity contribution is 0.294. The Kier molecular flexibility index (Phi) is 3.07. The van der Waals surface area contributed by atoms with E-state index in [4.69, 9.17) is 0 Å². The minimum absolute atomic E-state index is 0.0336. The highest BCUT2D eigenvalue weighted by Crippen LogP contribution is 2.35. The molecule has 14 heavy (non-hydrogen) atoms. The van der Waals surface area contributed by atoms with Crippen LogP contribution in [0.15, 0.2) is 11.6 Å². The maximum absolute atomic E-state index is 11.1. The van der Waals surface area contributed by atoms with E-state index in [1.54, 1.807) is 0 Å². The van der Waals surface area contributed by atoms with Crippen molar-refractivity contribution < 1.29 is 8.42 Å². The molecular formula is C10H19NO2S. The molecule has 0 aromatic rings. The lowest BCUT2D eigenvalue weighted by atomic mass is 9.76. The van der Waals surface area contributed by atoms with E-state index in [0.29, 0.717) is 0 Å². The summed E-state index contributed by atoms with van der Waals surface area (Å²) in [6, 6.07) is -0.0336. The summed E-state index contributed by atoms with van der Waals surface area (Å²) in [5, 5.41) is 0. The van der Waals surface area contributed by atoms with Gasteiger partial charge < -0.3 is 0 Å². The van der Waals surface area contributed by atoms with Crippen molar-refractivity contribution in [2.45, 2.75) is 39.7 Å². The van der Waals surface area contributed by atoms with Crippen LogP contribution in [0, 0.1) is 5.41 Å². The molecule has 0 aromatic heterocycles. The second-order valence-corrected chi connectivity index (χ2v) is 6.83. The van der Waals surface area contributed by atoms with Gasteiger partial charge in [-0.15, -0.1) is 0 Å². The van der Waals surface area contributed by atoms with Crippen molar-refractivity contribution in [1.82, 2.24) is 4.72 Å². The summed E-state index contributed by atoms with van der Waals surface area (Å²) in [5.74, 6) is 0. The molecule has 0 spiro atoms. The quantitative estimate of drug-likeness (QED) is 0.715. The van der Waals surface area contributed by atoms with Crippen molar-refractivity contribution in [2.24, 2.45) is 5.41 Å². The Morgan fingerprint density at radius 3 is 2.50 bits per heavy atom. The van der Waals surface area contributed by atoms with Gasteiger partial charge in [-0.25, -0.2) is 13.1 Å². The normalized spacial score (nSPS) is 27.1. The molecule has 0 saturated heterocycles. The molecule has 4 heteroatoms. The molecule has 1 rings (SSSR count). The van der Waals surface area contributed by atoms with Gasteiger partial charge in [0.05, 0.1) is 6.26 Å². The third-order valence-electron chi connectivity index (χ3n) is 2.38. The van der Waals surface area contributed by atoms with E-state index in [2.05, 4.69) is 25.5 Å². The largest absolute Gasteiger partial charge is 0.213 e. The van der Waals surface area contributed by atoms with E-state index in [1.807, 2.05) is 6.08 Å². The van der Waals surface area contributed by atoms with Crippen LogP contribution >= 0.6 is 0 Å². The highest BCUT2D eigenvalue weighted by Gasteiger charge is 2.28. The summed E-state index contributed by atoms with van der Waals surface area (Å²) in [5.41, 5.74) is 1.46. The number of hydrogen-bond acceptors (Lipinski definition) is 2. The highest BCUT2D eigenvalue weighted by atomic mass is 32.2.